The van der Waals surface area contributed by atoms with Crippen molar-refractivity contribution >= 4 is 20.2 Å². The van der Waals surface area contributed by atoms with Crippen molar-refractivity contribution in [3.05, 3.63) is 17.5 Å². The van der Waals surface area contributed by atoms with Crippen molar-refractivity contribution in [2.24, 2.45) is 5.92 Å². The predicted molar refractivity (Wildman–Crippen MR) is 130 cm³/mol. The number of aromatic nitrogens is 2. The van der Waals surface area contributed by atoms with E-state index in [0.29, 0.717) is 18.2 Å². The quantitative estimate of drug-likeness (QED) is 0.425. The number of hydrogen-bond acceptors (Lipinski definition) is 4. The first-order chi connectivity index (χ1) is 14.8. The van der Waals surface area contributed by atoms with Crippen molar-refractivity contribution in [2.45, 2.75) is 65.0 Å². The van der Waals surface area contributed by atoms with Crippen LogP contribution < -0.4 is 10.6 Å². The third-order valence-corrected chi connectivity index (χ3v) is 7.27. The van der Waals surface area contributed by atoms with Crippen LogP contribution in [-0.4, -0.2) is 82.8 Å². The Labute approximate surface area is 190 Å². The minimum Gasteiger partial charge on any atom is -0.351 e. The van der Waals surface area contributed by atoms with E-state index in [1.807, 2.05) is 10.7 Å². The van der Waals surface area contributed by atoms with Crippen molar-refractivity contribution in [3.8, 4) is 0 Å². The molecule has 1 saturated heterocycles. The van der Waals surface area contributed by atoms with E-state index in [1.54, 1.807) is 0 Å². The average molecular weight is 449 g/mol. The lowest BCUT2D eigenvalue weighted by atomic mass is 9.97. The van der Waals surface area contributed by atoms with E-state index in [0.717, 1.165) is 43.7 Å². The van der Waals surface area contributed by atoms with Crippen LogP contribution in [0.1, 0.15) is 69.1 Å². The molecule has 1 fully saturated rings. The summed E-state index contributed by atoms with van der Waals surface area (Å²) >= 11 is 0. The van der Waals surface area contributed by atoms with Crippen LogP contribution in [0, 0.1) is 5.92 Å². The summed E-state index contributed by atoms with van der Waals surface area (Å²) in [4.78, 5) is 17.4. The smallest absolute Gasteiger partial charge is 0.271 e. The van der Waals surface area contributed by atoms with Crippen LogP contribution in [0.3, 0.4) is 0 Å². The molecular weight excluding hydrogens is 407 g/mol. The van der Waals surface area contributed by atoms with Crippen LogP contribution in [0.15, 0.2) is 6.07 Å². The summed E-state index contributed by atoms with van der Waals surface area (Å²) in [5.41, 5.74) is 2.30. The van der Waals surface area contributed by atoms with E-state index in [-0.39, 0.29) is 11.4 Å². The third kappa shape index (κ3) is 6.38. The Bertz CT molecular complexity index is 757. The van der Waals surface area contributed by atoms with E-state index in [9.17, 15) is 4.79 Å². The fraction of sp³-hybridized carbons (Fsp3) is 0.783. The number of hydrogen-bond donors (Lipinski definition) is 2. The van der Waals surface area contributed by atoms with Gasteiger partial charge in [0.15, 0.2) is 5.69 Å². The van der Waals surface area contributed by atoms with Gasteiger partial charge in [0.25, 0.3) is 5.91 Å². The van der Waals surface area contributed by atoms with Gasteiger partial charge in [-0.2, -0.15) is 5.10 Å². The molecule has 0 bridgehead atoms. The molecule has 1 atom stereocenters. The Morgan fingerprint density at radius 2 is 2.00 bits per heavy atom. The second kappa shape index (κ2) is 11.0. The molecule has 1 amide bonds. The van der Waals surface area contributed by atoms with Gasteiger partial charge in [0.05, 0.1) is 23.2 Å². The maximum atomic E-state index is 12.7. The average Bonchev–Trinajstić information content (AvgIpc) is 3.17. The number of nitrogens with one attached hydrogen (secondary N) is 2. The molecule has 8 heteroatoms. The Kier molecular flexibility index (Phi) is 8.68. The van der Waals surface area contributed by atoms with Crippen molar-refractivity contribution in [3.63, 3.8) is 0 Å². The molecule has 0 radical (unpaired) electrons. The molecule has 2 N–H and O–H groups in total. The molecule has 2 aliphatic rings. The summed E-state index contributed by atoms with van der Waals surface area (Å²) < 4.78 is 1.97. The largest absolute Gasteiger partial charge is 0.351 e. The van der Waals surface area contributed by atoms with Crippen molar-refractivity contribution < 1.29 is 4.79 Å². The van der Waals surface area contributed by atoms with E-state index >= 15 is 0 Å². The zero-order chi connectivity index (χ0) is 22.4. The number of nitrogens with zero attached hydrogens (tertiary/aromatic N) is 4. The van der Waals surface area contributed by atoms with E-state index in [2.05, 4.69) is 62.2 Å². The highest BCUT2D eigenvalue weighted by Gasteiger charge is 2.38. The maximum absolute atomic E-state index is 12.7. The first-order valence-electron chi connectivity index (χ1n) is 11.9. The number of amides is 1. The van der Waals surface area contributed by atoms with Crippen LogP contribution in [-0.2, 0) is 6.54 Å². The molecule has 1 aromatic heterocycles. The molecule has 174 valence electrons. The second-order valence-electron chi connectivity index (χ2n) is 9.85. The zero-order valence-corrected chi connectivity index (χ0v) is 20.8. The van der Waals surface area contributed by atoms with Crippen molar-refractivity contribution in [1.29, 1.82) is 0 Å². The van der Waals surface area contributed by atoms with E-state index in [4.69, 9.17) is 0 Å². The molecule has 0 spiro atoms. The number of likely N-dealkylation sites (N-methyl/N-ethyl adjacent to an activating group) is 1. The molecule has 7 nitrogen and oxygen atoms in total. The third-order valence-electron chi connectivity index (χ3n) is 6.68. The Morgan fingerprint density at radius 1 is 1.26 bits per heavy atom. The first-order valence-corrected chi connectivity index (χ1v) is 12.4. The summed E-state index contributed by atoms with van der Waals surface area (Å²) in [6.45, 7) is 13.5. The lowest BCUT2D eigenvalue weighted by Crippen LogP contribution is -2.59. The molecule has 0 saturated carbocycles. The molecular formula is C23H41N6OP. The normalized spacial score (nSPS) is 22.7. The Balaban J connectivity index is 1.53. The number of likely N-dealkylation sites (tertiary alicyclic amines) is 1. The molecule has 0 aromatic carbocycles. The van der Waals surface area contributed by atoms with Crippen LogP contribution in [0.5, 0.6) is 0 Å². The SMILES string of the molecule is CC(C)CCNCC1(C)Cn2nc(C(=O)NCCCN3CCCCC3)cc2C(=P)N1C. The number of carbonyl (C=O) groups excluding carboxylic acids is 1. The van der Waals surface area contributed by atoms with Gasteiger partial charge in [-0.15, -0.1) is 0 Å². The van der Waals surface area contributed by atoms with E-state index in [1.165, 1.54) is 38.8 Å². The zero-order valence-electron chi connectivity index (χ0n) is 19.8. The summed E-state index contributed by atoms with van der Waals surface area (Å²) in [5.74, 6) is 0.611. The summed E-state index contributed by atoms with van der Waals surface area (Å²) in [5, 5.41) is 11.3. The fourth-order valence-corrected chi connectivity index (χ4v) is 4.88. The molecule has 3 rings (SSSR count). The molecule has 0 aliphatic carbocycles. The minimum atomic E-state index is -0.116. The molecule has 2 aliphatic heterocycles. The van der Waals surface area contributed by atoms with Gasteiger partial charge in [-0.05, 0) is 77.8 Å². The highest BCUT2D eigenvalue weighted by molar-refractivity contribution is 7.21. The maximum Gasteiger partial charge on any atom is 0.271 e. The van der Waals surface area contributed by atoms with Gasteiger partial charge in [0.2, 0.25) is 0 Å². The van der Waals surface area contributed by atoms with E-state index < -0.39 is 0 Å². The number of rotatable bonds is 10. The molecule has 3 heterocycles. The van der Waals surface area contributed by atoms with Crippen molar-refractivity contribution in [2.75, 3.05) is 46.3 Å². The number of carbonyl (C=O) groups is 1. The summed E-state index contributed by atoms with van der Waals surface area (Å²) in [7, 11) is 5.91. The monoisotopic (exact) mass is 448 g/mol. The van der Waals surface area contributed by atoms with Gasteiger partial charge in [-0.1, -0.05) is 29.1 Å². The fourth-order valence-electron chi connectivity index (χ4n) is 4.41. The predicted octanol–water partition coefficient (Wildman–Crippen LogP) is 2.45. The second-order valence-corrected chi connectivity index (χ2v) is 10.3. The van der Waals surface area contributed by atoms with Crippen LogP contribution in [0.2, 0.25) is 0 Å². The van der Waals surface area contributed by atoms with Gasteiger partial charge in [0.1, 0.15) is 0 Å². The summed E-state index contributed by atoms with van der Waals surface area (Å²) in [6.07, 6.45) is 6.11. The lowest BCUT2D eigenvalue weighted by molar-refractivity contribution is 0.0944. The number of piperidine rings is 1. The highest BCUT2D eigenvalue weighted by atomic mass is 31.0. The standard InChI is InChI=1S/C23H41N6OP/c1-18(2)9-11-24-16-23(3)17-29-20(22(31)27(23)4)15-19(26-29)21(30)25-10-8-14-28-12-6-5-7-13-28/h15,18,24,31H,5-14,16-17H2,1-4H3,(H,25,30). The van der Waals surface area contributed by atoms with Gasteiger partial charge >= 0.3 is 0 Å². The summed E-state index contributed by atoms with van der Waals surface area (Å²) in [6, 6.07) is 1.89. The van der Waals surface area contributed by atoms with Crippen LogP contribution in [0.4, 0.5) is 0 Å². The Hall–Kier alpha value is -1.27. The van der Waals surface area contributed by atoms with Crippen LogP contribution in [0.25, 0.3) is 0 Å². The lowest BCUT2D eigenvalue weighted by Gasteiger charge is -2.43. The molecule has 31 heavy (non-hydrogen) atoms. The topological polar surface area (TPSA) is 65.4 Å². The molecule has 1 unspecified atom stereocenters. The van der Waals surface area contributed by atoms with Gasteiger partial charge in [-0.3, -0.25) is 14.4 Å². The van der Waals surface area contributed by atoms with Gasteiger partial charge in [0, 0.05) is 13.1 Å². The minimum absolute atomic E-state index is 0.0839. The Morgan fingerprint density at radius 3 is 2.71 bits per heavy atom. The van der Waals surface area contributed by atoms with Crippen molar-refractivity contribution in [1.82, 2.24) is 30.2 Å². The highest BCUT2D eigenvalue weighted by Crippen LogP contribution is 2.26. The van der Waals surface area contributed by atoms with Gasteiger partial charge in [-0.25, -0.2) is 0 Å². The van der Waals surface area contributed by atoms with Crippen LogP contribution >= 0.6 is 8.86 Å². The first kappa shape index (κ1) is 24.4. The number of fused-ring (bicyclic) bond motifs is 1. The van der Waals surface area contributed by atoms with Gasteiger partial charge < -0.3 is 15.5 Å². The molecule has 1 aromatic rings.